The van der Waals surface area contributed by atoms with Crippen LogP contribution in [-0.2, 0) is 11.2 Å². The van der Waals surface area contributed by atoms with Gasteiger partial charge in [-0.15, -0.1) is 0 Å². The number of rotatable bonds is 6. The van der Waals surface area contributed by atoms with E-state index in [1.54, 1.807) is 14.2 Å². The fraction of sp³-hybridized carbons (Fsp3) is 0.462. The third-order valence-corrected chi connectivity index (χ3v) is 2.66. The zero-order valence-electron chi connectivity index (χ0n) is 10.3. The highest BCUT2D eigenvalue weighted by Gasteiger charge is 2.12. The van der Waals surface area contributed by atoms with E-state index in [2.05, 4.69) is 17.9 Å². The van der Waals surface area contributed by atoms with Crippen molar-refractivity contribution in [3.63, 3.8) is 0 Å². The van der Waals surface area contributed by atoms with E-state index in [4.69, 9.17) is 9.47 Å². The summed E-state index contributed by atoms with van der Waals surface area (Å²) in [5, 5.41) is 0. The normalized spacial score (nSPS) is 12.8. The molecule has 0 N–H and O–H groups in total. The minimum Gasteiger partial charge on any atom is -0.497 e. The minimum atomic E-state index is 0.0598. The molecule has 0 spiro atoms. The van der Waals surface area contributed by atoms with Crippen molar-refractivity contribution in [3.8, 4) is 5.75 Å². The van der Waals surface area contributed by atoms with E-state index in [9.17, 15) is 0 Å². The molecule has 1 rings (SSSR count). The highest BCUT2D eigenvalue weighted by Crippen LogP contribution is 2.15. The van der Waals surface area contributed by atoms with Crippen LogP contribution in [0.1, 0.15) is 5.56 Å². The van der Waals surface area contributed by atoms with E-state index in [-0.39, 0.29) is 6.23 Å². The van der Waals surface area contributed by atoms with Gasteiger partial charge in [0.2, 0.25) is 0 Å². The van der Waals surface area contributed by atoms with Crippen molar-refractivity contribution in [3.05, 3.63) is 36.8 Å². The second kappa shape index (κ2) is 6.51. The molecule has 0 heterocycles. The van der Waals surface area contributed by atoms with Crippen LogP contribution in [0.15, 0.2) is 24.3 Å². The van der Waals surface area contributed by atoms with Crippen LogP contribution in [0.2, 0.25) is 0 Å². The molecule has 0 fully saturated rings. The Morgan fingerprint density at radius 1 is 1.38 bits per heavy atom. The van der Waals surface area contributed by atoms with Crippen molar-refractivity contribution in [2.45, 2.75) is 12.6 Å². The molecule has 0 aliphatic rings. The highest BCUT2D eigenvalue weighted by atomic mass is 16.5. The van der Waals surface area contributed by atoms with Gasteiger partial charge in [0.1, 0.15) is 12.0 Å². The molecule has 89 valence electrons. The SMILES string of the molecule is [CH2]CN(C)C(Cc1cccc(OC)c1)OC. The first-order chi connectivity index (χ1) is 7.71. The van der Waals surface area contributed by atoms with E-state index in [1.165, 1.54) is 5.56 Å². The first-order valence-electron chi connectivity index (χ1n) is 5.36. The van der Waals surface area contributed by atoms with E-state index in [1.807, 2.05) is 25.2 Å². The lowest BCUT2D eigenvalue weighted by atomic mass is 10.1. The van der Waals surface area contributed by atoms with Gasteiger partial charge in [-0.1, -0.05) is 12.1 Å². The monoisotopic (exact) mass is 222 g/mol. The number of benzene rings is 1. The topological polar surface area (TPSA) is 21.7 Å². The standard InChI is InChI=1S/C13H20NO2/c1-5-14(2)13(16-4)10-11-7-6-8-12(9-11)15-3/h6-9,13H,1,5,10H2,2-4H3. The van der Waals surface area contributed by atoms with Gasteiger partial charge < -0.3 is 9.47 Å². The zero-order chi connectivity index (χ0) is 12.0. The molecule has 0 aromatic heterocycles. The Balaban J connectivity index is 2.69. The van der Waals surface area contributed by atoms with Crippen LogP contribution in [0.4, 0.5) is 0 Å². The van der Waals surface area contributed by atoms with Gasteiger partial charge >= 0.3 is 0 Å². The van der Waals surface area contributed by atoms with Gasteiger partial charge in [-0.3, -0.25) is 4.90 Å². The quantitative estimate of drug-likeness (QED) is 0.687. The van der Waals surface area contributed by atoms with Crippen molar-refractivity contribution in [1.82, 2.24) is 4.90 Å². The van der Waals surface area contributed by atoms with Crippen LogP contribution in [-0.4, -0.2) is 38.9 Å². The second-order valence-electron chi connectivity index (χ2n) is 3.73. The molecule has 0 bridgehead atoms. The van der Waals surface area contributed by atoms with Crippen molar-refractivity contribution < 1.29 is 9.47 Å². The average Bonchev–Trinajstić information content (AvgIpc) is 2.35. The maximum atomic E-state index is 5.43. The molecule has 1 atom stereocenters. The molecule has 16 heavy (non-hydrogen) atoms. The lowest BCUT2D eigenvalue weighted by Crippen LogP contribution is -2.34. The molecule has 0 aliphatic carbocycles. The van der Waals surface area contributed by atoms with Crippen LogP contribution in [0, 0.1) is 6.92 Å². The maximum absolute atomic E-state index is 5.43. The van der Waals surface area contributed by atoms with Crippen molar-refractivity contribution in [2.24, 2.45) is 0 Å². The van der Waals surface area contributed by atoms with E-state index < -0.39 is 0 Å². The lowest BCUT2D eigenvalue weighted by Gasteiger charge is -2.25. The summed E-state index contributed by atoms with van der Waals surface area (Å²) in [6.07, 6.45) is 0.893. The second-order valence-corrected chi connectivity index (χ2v) is 3.73. The van der Waals surface area contributed by atoms with Crippen molar-refractivity contribution >= 4 is 0 Å². The molecular weight excluding hydrogens is 202 g/mol. The van der Waals surface area contributed by atoms with Crippen molar-refractivity contribution in [1.29, 1.82) is 0 Å². The molecule has 1 radical (unpaired) electrons. The van der Waals surface area contributed by atoms with Gasteiger partial charge in [-0.05, 0) is 31.7 Å². The fourth-order valence-electron chi connectivity index (χ4n) is 1.56. The van der Waals surface area contributed by atoms with E-state index >= 15 is 0 Å². The third-order valence-electron chi connectivity index (χ3n) is 2.66. The van der Waals surface area contributed by atoms with Gasteiger partial charge in [0.15, 0.2) is 0 Å². The lowest BCUT2D eigenvalue weighted by molar-refractivity contribution is -0.0111. The molecule has 3 heteroatoms. The van der Waals surface area contributed by atoms with Crippen LogP contribution < -0.4 is 4.74 Å². The largest absolute Gasteiger partial charge is 0.497 e. The number of likely N-dealkylation sites (N-methyl/N-ethyl adjacent to an activating group) is 1. The van der Waals surface area contributed by atoms with Crippen LogP contribution in [0.3, 0.4) is 0 Å². The van der Waals surface area contributed by atoms with Crippen LogP contribution >= 0.6 is 0 Å². The first kappa shape index (κ1) is 13.0. The fourth-order valence-corrected chi connectivity index (χ4v) is 1.56. The molecule has 0 aliphatic heterocycles. The summed E-state index contributed by atoms with van der Waals surface area (Å²) in [5.74, 6) is 0.879. The summed E-state index contributed by atoms with van der Waals surface area (Å²) in [6, 6.07) is 8.04. The maximum Gasteiger partial charge on any atom is 0.119 e. The Morgan fingerprint density at radius 3 is 2.69 bits per heavy atom. The molecule has 1 unspecified atom stereocenters. The van der Waals surface area contributed by atoms with Crippen molar-refractivity contribution in [2.75, 3.05) is 27.8 Å². The zero-order valence-corrected chi connectivity index (χ0v) is 10.3. The number of hydrogen-bond donors (Lipinski definition) is 0. The molecule has 1 aromatic carbocycles. The Kier molecular flexibility index (Phi) is 5.29. The first-order valence-corrected chi connectivity index (χ1v) is 5.36. The Bertz CT molecular complexity index is 315. The molecular formula is C13H20NO2. The summed E-state index contributed by atoms with van der Waals surface area (Å²) >= 11 is 0. The Hall–Kier alpha value is -1.06. The summed E-state index contributed by atoms with van der Waals surface area (Å²) in [7, 11) is 5.40. The number of methoxy groups -OCH3 is 2. The third kappa shape index (κ3) is 3.51. The molecule has 0 saturated carbocycles. The Morgan fingerprint density at radius 2 is 2.12 bits per heavy atom. The van der Waals surface area contributed by atoms with Crippen LogP contribution in [0.5, 0.6) is 5.75 Å². The summed E-state index contributed by atoms with van der Waals surface area (Å²) < 4.78 is 10.6. The molecule has 0 amide bonds. The van der Waals surface area contributed by atoms with Crippen LogP contribution in [0.25, 0.3) is 0 Å². The Labute approximate surface area is 98.0 Å². The number of ether oxygens (including phenoxy) is 2. The van der Waals surface area contributed by atoms with E-state index in [0.29, 0.717) is 0 Å². The molecule has 3 nitrogen and oxygen atoms in total. The number of nitrogens with zero attached hydrogens (tertiary/aromatic N) is 1. The minimum absolute atomic E-state index is 0.0598. The van der Waals surface area contributed by atoms with Gasteiger partial charge in [-0.2, -0.15) is 0 Å². The molecule has 1 aromatic rings. The predicted molar refractivity (Wildman–Crippen MR) is 65.5 cm³/mol. The highest BCUT2D eigenvalue weighted by molar-refractivity contribution is 5.28. The van der Waals surface area contributed by atoms with Gasteiger partial charge in [0.25, 0.3) is 0 Å². The smallest absolute Gasteiger partial charge is 0.119 e. The van der Waals surface area contributed by atoms with Gasteiger partial charge in [0, 0.05) is 20.1 Å². The average molecular weight is 222 g/mol. The summed E-state index contributed by atoms with van der Waals surface area (Å²) in [5.41, 5.74) is 1.20. The summed E-state index contributed by atoms with van der Waals surface area (Å²) in [6.45, 7) is 4.58. The summed E-state index contributed by atoms with van der Waals surface area (Å²) in [4.78, 5) is 2.07. The molecule has 0 saturated heterocycles. The van der Waals surface area contributed by atoms with Gasteiger partial charge in [-0.25, -0.2) is 0 Å². The van der Waals surface area contributed by atoms with E-state index in [0.717, 1.165) is 18.7 Å². The van der Waals surface area contributed by atoms with Gasteiger partial charge in [0.05, 0.1) is 7.11 Å². The number of hydrogen-bond acceptors (Lipinski definition) is 3. The predicted octanol–water partition coefficient (Wildman–Crippen LogP) is 1.98.